The summed E-state index contributed by atoms with van der Waals surface area (Å²) in [5.41, 5.74) is 0. The van der Waals surface area contributed by atoms with E-state index in [2.05, 4.69) is 16.8 Å². The molecule has 0 aliphatic carbocycles. The first-order valence-electron chi connectivity index (χ1n) is 5.53. The van der Waals surface area contributed by atoms with E-state index in [1.54, 1.807) is 0 Å². The second-order valence-corrected chi connectivity index (χ2v) is 3.82. The van der Waals surface area contributed by atoms with Gasteiger partial charge < -0.3 is 10.2 Å². The molecular weight excluding hydrogens is 190 g/mol. The maximum Gasteiger partial charge on any atom is 0.223 e. The molecule has 0 saturated carbocycles. The Hall–Kier alpha value is -0.870. The molecule has 4 heteroatoms. The lowest BCUT2D eigenvalue weighted by Crippen LogP contribution is -2.48. The fourth-order valence-electron chi connectivity index (χ4n) is 1.75. The molecule has 1 heterocycles. The topological polar surface area (TPSA) is 35.6 Å². The zero-order valence-electron chi connectivity index (χ0n) is 9.54. The largest absolute Gasteiger partial charge is 0.340 e. The highest BCUT2D eigenvalue weighted by Crippen LogP contribution is 2.03. The summed E-state index contributed by atoms with van der Waals surface area (Å²) < 4.78 is 0. The van der Waals surface area contributed by atoms with E-state index < -0.39 is 0 Å². The van der Waals surface area contributed by atoms with Gasteiger partial charge in [-0.15, -0.1) is 6.58 Å². The first-order chi connectivity index (χ1) is 7.27. The van der Waals surface area contributed by atoms with Crippen molar-refractivity contribution >= 4 is 5.91 Å². The second kappa shape index (κ2) is 6.58. The summed E-state index contributed by atoms with van der Waals surface area (Å²) >= 11 is 0. The van der Waals surface area contributed by atoms with Crippen LogP contribution in [-0.2, 0) is 4.79 Å². The number of hydrogen-bond donors (Lipinski definition) is 1. The summed E-state index contributed by atoms with van der Waals surface area (Å²) in [5.74, 6) is 0.266. The van der Waals surface area contributed by atoms with Crippen molar-refractivity contribution in [2.24, 2.45) is 0 Å². The van der Waals surface area contributed by atoms with Gasteiger partial charge in [-0.05, 0) is 7.05 Å². The lowest BCUT2D eigenvalue weighted by molar-refractivity contribution is -0.132. The average Bonchev–Trinajstić information content (AvgIpc) is 2.27. The molecular formula is C11H21N3O. The fourth-order valence-corrected chi connectivity index (χ4v) is 1.75. The maximum absolute atomic E-state index is 11.7. The molecule has 0 unspecified atom stereocenters. The third kappa shape index (κ3) is 4.01. The molecule has 0 aromatic carbocycles. The highest BCUT2D eigenvalue weighted by molar-refractivity contribution is 5.76. The summed E-state index contributed by atoms with van der Waals surface area (Å²) in [4.78, 5) is 15.9. The quantitative estimate of drug-likeness (QED) is 0.646. The molecule has 1 rings (SSSR count). The van der Waals surface area contributed by atoms with Gasteiger partial charge in [0.25, 0.3) is 0 Å². The second-order valence-electron chi connectivity index (χ2n) is 3.82. The molecule has 86 valence electrons. The zero-order chi connectivity index (χ0) is 11.1. The molecule has 1 saturated heterocycles. The van der Waals surface area contributed by atoms with E-state index >= 15 is 0 Å². The first kappa shape index (κ1) is 12.2. The minimum atomic E-state index is 0.266. The van der Waals surface area contributed by atoms with Gasteiger partial charge in [0.1, 0.15) is 0 Å². The predicted octanol–water partition coefficient (Wildman–Crippen LogP) is -0.0739. The van der Waals surface area contributed by atoms with E-state index in [1.807, 2.05) is 18.0 Å². The molecule has 1 amide bonds. The molecule has 0 aromatic heterocycles. The van der Waals surface area contributed by atoms with Crippen LogP contribution in [0.4, 0.5) is 0 Å². The Bertz CT molecular complexity index is 210. The molecule has 4 nitrogen and oxygen atoms in total. The van der Waals surface area contributed by atoms with Crippen LogP contribution in [0.1, 0.15) is 6.42 Å². The van der Waals surface area contributed by atoms with Crippen LogP contribution >= 0.6 is 0 Å². The Kier molecular flexibility index (Phi) is 5.36. The van der Waals surface area contributed by atoms with Crippen LogP contribution in [0.15, 0.2) is 12.7 Å². The van der Waals surface area contributed by atoms with Crippen LogP contribution in [0.25, 0.3) is 0 Å². The van der Waals surface area contributed by atoms with Crippen molar-refractivity contribution in [3.05, 3.63) is 12.7 Å². The maximum atomic E-state index is 11.7. The summed E-state index contributed by atoms with van der Waals surface area (Å²) in [6.45, 7) is 9.07. The van der Waals surface area contributed by atoms with E-state index in [9.17, 15) is 4.79 Å². The normalized spacial score (nSPS) is 17.8. The van der Waals surface area contributed by atoms with E-state index in [0.29, 0.717) is 6.42 Å². The van der Waals surface area contributed by atoms with Crippen LogP contribution < -0.4 is 5.32 Å². The van der Waals surface area contributed by atoms with Gasteiger partial charge in [0, 0.05) is 45.7 Å². The number of carbonyl (C=O) groups excluding carboxylic acids is 1. The molecule has 0 atom stereocenters. The van der Waals surface area contributed by atoms with E-state index in [-0.39, 0.29) is 5.91 Å². The number of carbonyl (C=O) groups is 1. The molecule has 0 radical (unpaired) electrons. The standard InChI is InChI=1S/C11H21N3O/c1-3-6-13-7-9-14(10-8-13)11(15)4-5-12-2/h3,12H,1,4-10H2,2H3. The zero-order valence-corrected chi connectivity index (χ0v) is 9.54. The van der Waals surface area contributed by atoms with Crippen LogP contribution in [-0.4, -0.2) is 62.0 Å². The van der Waals surface area contributed by atoms with E-state index in [1.165, 1.54) is 0 Å². The first-order valence-corrected chi connectivity index (χ1v) is 5.53. The van der Waals surface area contributed by atoms with Crippen LogP contribution in [0, 0.1) is 0 Å². The molecule has 0 bridgehead atoms. The van der Waals surface area contributed by atoms with Crippen LogP contribution in [0.5, 0.6) is 0 Å². The van der Waals surface area contributed by atoms with Gasteiger partial charge >= 0.3 is 0 Å². The molecule has 1 N–H and O–H groups in total. The minimum Gasteiger partial charge on any atom is -0.340 e. The van der Waals surface area contributed by atoms with Gasteiger partial charge in [-0.1, -0.05) is 6.08 Å². The molecule has 0 spiro atoms. The van der Waals surface area contributed by atoms with Gasteiger partial charge in [-0.25, -0.2) is 0 Å². The summed E-state index contributed by atoms with van der Waals surface area (Å²) in [7, 11) is 1.87. The highest BCUT2D eigenvalue weighted by Gasteiger charge is 2.19. The predicted molar refractivity (Wildman–Crippen MR) is 61.8 cm³/mol. The van der Waals surface area contributed by atoms with E-state index in [0.717, 1.165) is 39.3 Å². The number of nitrogens with one attached hydrogen (secondary N) is 1. The molecule has 1 fully saturated rings. The number of amides is 1. The average molecular weight is 211 g/mol. The third-order valence-electron chi connectivity index (χ3n) is 2.70. The van der Waals surface area contributed by atoms with Gasteiger partial charge in [0.2, 0.25) is 5.91 Å². The van der Waals surface area contributed by atoms with Crippen molar-refractivity contribution in [2.45, 2.75) is 6.42 Å². The minimum absolute atomic E-state index is 0.266. The number of nitrogens with zero attached hydrogens (tertiary/aromatic N) is 2. The molecule has 15 heavy (non-hydrogen) atoms. The van der Waals surface area contributed by atoms with Gasteiger partial charge in [-0.2, -0.15) is 0 Å². The summed E-state index contributed by atoms with van der Waals surface area (Å²) in [6.07, 6.45) is 2.52. The Morgan fingerprint density at radius 3 is 2.60 bits per heavy atom. The van der Waals surface area contributed by atoms with Crippen molar-refractivity contribution in [3.63, 3.8) is 0 Å². The van der Waals surface area contributed by atoms with Crippen molar-refractivity contribution in [1.29, 1.82) is 0 Å². The number of rotatable bonds is 5. The Morgan fingerprint density at radius 1 is 1.40 bits per heavy atom. The Morgan fingerprint density at radius 2 is 2.07 bits per heavy atom. The van der Waals surface area contributed by atoms with Crippen molar-refractivity contribution in [1.82, 2.24) is 15.1 Å². The van der Waals surface area contributed by atoms with Gasteiger partial charge in [-0.3, -0.25) is 9.69 Å². The smallest absolute Gasteiger partial charge is 0.223 e. The van der Waals surface area contributed by atoms with Crippen LogP contribution in [0.3, 0.4) is 0 Å². The van der Waals surface area contributed by atoms with Crippen molar-refractivity contribution < 1.29 is 4.79 Å². The Balaban J connectivity index is 2.24. The SMILES string of the molecule is C=CCN1CCN(C(=O)CCNC)CC1. The molecule has 0 aromatic rings. The third-order valence-corrected chi connectivity index (χ3v) is 2.70. The lowest BCUT2D eigenvalue weighted by atomic mass is 10.2. The monoisotopic (exact) mass is 211 g/mol. The molecule has 1 aliphatic rings. The summed E-state index contributed by atoms with van der Waals surface area (Å²) in [6, 6.07) is 0. The van der Waals surface area contributed by atoms with Gasteiger partial charge in [0.15, 0.2) is 0 Å². The number of hydrogen-bond acceptors (Lipinski definition) is 3. The lowest BCUT2D eigenvalue weighted by Gasteiger charge is -2.34. The van der Waals surface area contributed by atoms with Crippen molar-refractivity contribution in [2.75, 3.05) is 46.3 Å². The fraction of sp³-hybridized carbons (Fsp3) is 0.727. The Labute approximate surface area is 91.9 Å². The molecule has 1 aliphatic heterocycles. The van der Waals surface area contributed by atoms with E-state index in [4.69, 9.17) is 0 Å². The van der Waals surface area contributed by atoms with Gasteiger partial charge in [0.05, 0.1) is 0 Å². The van der Waals surface area contributed by atoms with Crippen LogP contribution in [0.2, 0.25) is 0 Å². The van der Waals surface area contributed by atoms with Crippen molar-refractivity contribution in [3.8, 4) is 0 Å². The highest BCUT2D eigenvalue weighted by atomic mass is 16.2. The number of piperazine rings is 1. The summed E-state index contributed by atoms with van der Waals surface area (Å²) in [5, 5.41) is 3.00.